The van der Waals surface area contributed by atoms with Gasteiger partial charge in [0.1, 0.15) is 6.10 Å². The summed E-state index contributed by atoms with van der Waals surface area (Å²) in [7, 11) is 0. The molecule has 2 aromatic carbocycles. The van der Waals surface area contributed by atoms with Gasteiger partial charge < -0.3 is 4.74 Å². The molecule has 3 rings (SSSR count). The summed E-state index contributed by atoms with van der Waals surface area (Å²) in [5.41, 5.74) is 3.18. The molecule has 0 aromatic heterocycles. The Morgan fingerprint density at radius 3 is 2.84 bits per heavy atom. The van der Waals surface area contributed by atoms with E-state index in [1.807, 2.05) is 36.4 Å². The fourth-order valence-corrected chi connectivity index (χ4v) is 2.35. The maximum Gasteiger partial charge on any atom is 0.339 e. The van der Waals surface area contributed by atoms with Crippen molar-refractivity contribution in [2.75, 3.05) is 0 Å². The Hall–Kier alpha value is -2.60. The van der Waals surface area contributed by atoms with Gasteiger partial charge in [-0.2, -0.15) is 5.26 Å². The Kier molecular flexibility index (Phi) is 2.77. The minimum Gasteiger partial charge on any atom is -0.454 e. The van der Waals surface area contributed by atoms with Crippen LogP contribution in [0.25, 0.3) is 0 Å². The second kappa shape index (κ2) is 4.58. The average Bonchev–Trinajstić information content (AvgIpc) is 2.76. The van der Waals surface area contributed by atoms with Crippen LogP contribution >= 0.6 is 0 Å². The van der Waals surface area contributed by atoms with Crippen molar-refractivity contribution in [1.29, 1.82) is 5.26 Å². The van der Waals surface area contributed by atoms with Gasteiger partial charge in [0.15, 0.2) is 0 Å². The summed E-state index contributed by atoms with van der Waals surface area (Å²) in [6.07, 6.45) is 0.343. The zero-order valence-electron chi connectivity index (χ0n) is 10.2. The number of fused-ring (bicyclic) bond motifs is 1. The van der Waals surface area contributed by atoms with E-state index in [0.717, 1.165) is 11.1 Å². The SMILES string of the molecule is N#Cc1cccc(CC2OC(=O)c3ccccc32)c1. The molecule has 1 heterocycles. The van der Waals surface area contributed by atoms with Crippen molar-refractivity contribution in [3.8, 4) is 6.07 Å². The molecule has 0 amide bonds. The Labute approximate surface area is 111 Å². The second-order valence-corrected chi connectivity index (χ2v) is 4.50. The number of carbonyl (C=O) groups excluding carboxylic acids is 1. The molecule has 0 N–H and O–H groups in total. The van der Waals surface area contributed by atoms with Crippen LogP contribution < -0.4 is 0 Å². The van der Waals surface area contributed by atoms with E-state index in [1.165, 1.54) is 0 Å². The van der Waals surface area contributed by atoms with Gasteiger partial charge in [-0.05, 0) is 23.8 Å². The van der Waals surface area contributed by atoms with E-state index in [9.17, 15) is 4.79 Å². The first-order valence-corrected chi connectivity index (χ1v) is 6.07. The van der Waals surface area contributed by atoms with Crippen molar-refractivity contribution in [3.05, 3.63) is 70.8 Å². The number of nitrogens with zero attached hydrogens (tertiary/aromatic N) is 1. The molecule has 0 fully saturated rings. The van der Waals surface area contributed by atoms with E-state index in [4.69, 9.17) is 10.00 Å². The maximum absolute atomic E-state index is 11.7. The number of esters is 1. The highest BCUT2D eigenvalue weighted by Gasteiger charge is 2.30. The van der Waals surface area contributed by atoms with Crippen LogP contribution in [0.2, 0.25) is 0 Å². The summed E-state index contributed by atoms with van der Waals surface area (Å²) < 4.78 is 5.39. The summed E-state index contributed by atoms with van der Waals surface area (Å²) in [6.45, 7) is 0. The molecule has 0 saturated carbocycles. The highest BCUT2D eigenvalue weighted by molar-refractivity contribution is 5.94. The van der Waals surface area contributed by atoms with Crippen LogP contribution in [-0.2, 0) is 11.2 Å². The lowest BCUT2D eigenvalue weighted by Gasteiger charge is -2.10. The zero-order valence-corrected chi connectivity index (χ0v) is 10.2. The molecule has 2 aromatic rings. The quantitative estimate of drug-likeness (QED) is 0.769. The van der Waals surface area contributed by atoms with Gasteiger partial charge in [-0.15, -0.1) is 0 Å². The van der Waals surface area contributed by atoms with E-state index < -0.39 is 0 Å². The number of benzene rings is 2. The molecule has 1 aliphatic heterocycles. The molecular weight excluding hydrogens is 238 g/mol. The van der Waals surface area contributed by atoms with E-state index in [2.05, 4.69) is 6.07 Å². The van der Waals surface area contributed by atoms with E-state index >= 15 is 0 Å². The highest BCUT2D eigenvalue weighted by Crippen LogP contribution is 2.32. The molecule has 1 unspecified atom stereocenters. The number of rotatable bonds is 2. The van der Waals surface area contributed by atoms with Gasteiger partial charge in [0.05, 0.1) is 17.2 Å². The molecule has 3 heteroatoms. The third kappa shape index (κ3) is 2.09. The van der Waals surface area contributed by atoms with E-state index in [-0.39, 0.29) is 12.1 Å². The van der Waals surface area contributed by atoms with Gasteiger partial charge in [-0.25, -0.2) is 4.79 Å². The van der Waals surface area contributed by atoms with Crippen LogP contribution in [-0.4, -0.2) is 5.97 Å². The average molecular weight is 249 g/mol. The fraction of sp³-hybridized carbons (Fsp3) is 0.125. The predicted molar refractivity (Wildman–Crippen MR) is 69.5 cm³/mol. The van der Waals surface area contributed by atoms with Crippen LogP contribution in [0, 0.1) is 11.3 Å². The molecule has 0 radical (unpaired) electrons. The normalized spacial score (nSPS) is 16.6. The van der Waals surface area contributed by atoms with Crippen LogP contribution in [0.5, 0.6) is 0 Å². The van der Waals surface area contributed by atoms with E-state index in [1.54, 1.807) is 12.1 Å². The molecule has 1 aliphatic rings. The summed E-state index contributed by atoms with van der Waals surface area (Å²) in [5, 5.41) is 8.89. The lowest BCUT2D eigenvalue weighted by Crippen LogP contribution is -2.02. The minimum absolute atomic E-state index is 0.252. The van der Waals surface area contributed by atoms with E-state index in [0.29, 0.717) is 17.5 Å². The van der Waals surface area contributed by atoms with Crippen LogP contribution in [0.3, 0.4) is 0 Å². The van der Waals surface area contributed by atoms with Gasteiger partial charge in [-0.3, -0.25) is 0 Å². The number of carbonyl (C=O) groups is 1. The fourth-order valence-electron chi connectivity index (χ4n) is 2.35. The van der Waals surface area contributed by atoms with Gasteiger partial charge in [0, 0.05) is 12.0 Å². The largest absolute Gasteiger partial charge is 0.454 e. The molecule has 0 saturated heterocycles. The molecule has 92 valence electrons. The number of hydrogen-bond donors (Lipinski definition) is 0. The number of hydrogen-bond acceptors (Lipinski definition) is 3. The van der Waals surface area contributed by atoms with Gasteiger partial charge in [-0.1, -0.05) is 30.3 Å². The first kappa shape index (κ1) is 11.5. The molecule has 0 bridgehead atoms. The molecule has 3 nitrogen and oxygen atoms in total. The van der Waals surface area contributed by atoms with Gasteiger partial charge in [0.2, 0.25) is 0 Å². The Morgan fingerprint density at radius 1 is 1.16 bits per heavy atom. The van der Waals surface area contributed by atoms with Crippen molar-refractivity contribution in [2.45, 2.75) is 12.5 Å². The highest BCUT2D eigenvalue weighted by atomic mass is 16.5. The van der Waals surface area contributed by atoms with Crippen LogP contribution in [0.1, 0.15) is 33.2 Å². The Bertz CT molecular complexity index is 685. The monoisotopic (exact) mass is 249 g/mol. The first-order valence-electron chi connectivity index (χ1n) is 6.07. The molecule has 0 aliphatic carbocycles. The summed E-state index contributed by atoms with van der Waals surface area (Å²) in [5.74, 6) is -0.267. The lowest BCUT2D eigenvalue weighted by atomic mass is 9.98. The smallest absolute Gasteiger partial charge is 0.339 e. The number of ether oxygens (including phenoxy) is 1. The van der Waals surface area contributed by atoms with Gasteiger partial charge in [0.25, 0.3) is 0 Å². The van der Waals surface area contributed by atoms with Crippen molar-refractivity contribution < 1.29 is 9.53 Å². The predicted octanol–water partition coefficient (Wildman–Crippen LogP) is 3.01. The molecular formula is C16H11NO2. The van der Waals surface area contributed by atoms with Crippen LogP contribution in [0.15, 0.2) is 48.5 Å². The van der Waals surface area contributed by atoms with Crippen molar-refractivity contribution in [3.63, 3.8) is 0 Å². The third-order valence-corrected chi connectivity index (χ3v) is 3.25. The molecule has 19 heavy (non-hydrogen) atoms. The lowest BCUT2D eigenvalue weighted by molar-refractivity contribution is 0.0387. The van der Waals surface area contributed by atoms with Crippen molar-refractivity contribution in [1.82, 2.24) is 0 Å². The number of nitriles is 1. The molecule has 1 atom stereocenters. The number of cyclic esters (lactones) is 1. The standard InChI is InChI=1S/C16H11NO2/c17-10-12-5-3-4-11(8-12)9-15-13-6-1-2-7-14(13)16(18)19-15/h1-8,15H,9H2. The Morgan fingerprint density at radius 2 is 2.00 bits per heavy atom. The first-order chi connectivity index (χ1) is 9.28. The summed E-state index contributed by atoms with van der Waals surface area (Å²) in [4.78, 5) is 11.7. The topological polar surface area (TPSA) is 50.1 Å². The van der Waals surface area contributed by atoms with Crippen LogP contribution in [0.4, 0.5) is 0 Å². The van der Waals surface area contributed by atoms with Crippen molar-refractivity contribution in [2.24, 2.45) is 0 Å². The minimum atomic E-state index is -0.267. The summed E-state index contributed by atoms with van der Waals surface area (Å²) in [6, 6.07) is 16.9. The Balaban J connectivity index is 1.89. The third-order valence-electron chi connectivity index (χ3n) is 3.25. The zero-order chi connectivity index (χ0) is 13.2. The molecule has 0 spiro atoms. The van der Waals surface area contributed by atoms with Gasteiger partial charge >= 0.3 is 5.97 Å². The second-order valence-electron chi connectivity index (χ2n) is 4.50. The van der Waals surface area contributed by atoms with Crippen molar-refractivity contribution >= 4 is 5.97 Å². The maximum atomic E-state index is 11.7. The summed E-state index contributed by atoms with van der Waals surface area (Å²) >= 11 is 0.